The zero-order chi connectivity index (χ0) is 23.6. The van der Waals surface area contributed by atoms with Crippen LogP contribution in [-0.4, -0.2) is 15.1 Å². The van der Waals surface area contributed by atoms with E-state index in [-0.39, 0.29) is 0 Å². The van der Waals surface area contributed by atoms with Crippen molar-refractivity contribution in [2.45, 2.75) is 13.5 Å². The fourth-order valence-corrected chi connectivity index (χ4v) is 4.99. The molecule has 1 N–H and O–H groups in total. The number of fused-ring (bicyclic) bond motifs is 1. The van der Waals surface area contributed by atoms with E-state index in [0.29, 0.717) is 12.4 Å². The Labute approximate surface area is 207 Å². The number of nitrogens with zero attached hydrogens (tertiary/aromatic N) is 3. The molecule has 3 aromatic heterocycles. The summed E-state index contributed by atoms with van der Waals surface area (Å²) in [4.78, 5) is 10.8. The lowest BCUT2D eigenvalue weighted by Gasteiger charge is -2.10. The molecule has 0 aliphatic heterocycles. The van der Waals surface area contributed by atoms with Crippen LogP contribution in [0.4, 0.5) is 5.82 Å². The van der Waals surface area contributed by atoms with Gasteiger partial charge < -0.3 is 9.84 Å². The second-order valence-electron chi connectivity index (χ2n) is 8.36. The standard InChI is InChI=1S/C29H22N4OS/c1-19-12-14-21(15-13-19)25-16-23(34-33-25)17-30-28-26-24(20-8-4-2-5-9-20)18-35-29(26)32-27(31-28)22-10-6-3-7-11-22/h2-16,18H,17H2,1H3,(H,30,31,32). The van der Waals surface area contributed by atoms with E-state index in [1.165, 1.54) is 5.56 Å². The van der Waals surface area contributed by atoms with Crippen molar-refractivity contribution in [1.82, 2.24) is 15.1 Å². The van der Waals surface area contributed by atoms with Crippen LogP contribution in [0.3, 0.4) is 0 Å². The van der Waals surface area contributed by atoms with Crippen LogP contribution in [-0.2, 0) is 6.54 Å². The largest absolute Gasteiger partial charge is 0.362 e. The molecule has 0 radical (unpaired) electrons. The molecule has 35 heavy (non-hydrogen) atoms. The van der Waals surface area contributed by atoms with E-state index in [4.69, 9.17) is 14.5 Å². The maximum absolute atomic E-state index is 5.64. The third-order valence-corrected chi connectivity index (χ3v) is 6.76. The van der Waals surface area contributed by atoms with Crippen LogP contribution in [0.15, 0.2) is 101 Å². The molecule has 0 fully saturated rings. The van der Waals surface area contributed by atoms with Crippen molar-refractivity contribution in [3.05, 3.63) is 108 Å². The highest BCUT2D eigenvalue weighted by atomic mass is 32.1. The second-order valence-corrected chi connectivity index (χ2v) is 9.21. The molecule has 6 aromatic rings. The molecule has 0 unspecified atom stereocenters. The van der Waals surface area contributed by atoms with Crippen LogP contribution in [0.1, 0.15) is 11.3 Å². The number of rotatable bonds is 6. The first-order valence-corrected chi connectivity index (χ1v) is 12.3. The minimum absolute atomic E-state index is 0.462. The number of anilines is 1. The van der Waals surface area contributed by atoms with Crippen molar-refractivity contribution >= 4 is 27.4 Å². The summed E-state index contributed by atoms with van der Waals surface area (Å²) >= 11 is 1.63. The monoisotopic (exact) mass is 474 g/mol. The van der Waals surface area contributed by atoms with Gasteiger partial charge in [0.2, 0.25) is 0 Å². The Kier molecular flexibility index (Phi) is 5.56. The highest BCUT2D eigenvalue weighted by Crippen LogP contribution is 2.38. The van der Waals surface area contributed by atoms with E-state index in [2.05, 4.69) is 59.2 Å². The topological polar surface area (TPSA) is 63.8 Å². The smallest absolute Gasteiger partial charge is 0.163 e. The molecule has 0 saturated heterocycles. The predicted molar refractivity (Wildman–Crippen MR) is 142 cm³/mol. The summed E-state index contributed by atoms with van der Waals surface area (Å²) in [5, 5.41) is 10.9. The summed E-state index contributed by atoms with van der Waals surface area (Å²) in [7, 11) is 0. The summed E-state index contributed by atoms with van der Waals surface area (Å²) in [6, 6.07) is 30.6. The molecule has 0 saturated carbocycles. The molecule has 0 atom stereocenters. The van der Waals surface area contributed by atoms with Gasteiger partial charge in [-0.3, -0.25) is 0 Å². The summed E-state index contributed by atoms with van der Waals surface area (Å²) in [6.45, 7) is 2.53. The van der Waals surface area contributed by atoms with E-state index in [1.807, 2.05) is 54.6 Å². The van der Waals surface area contributed by atoms with Crippen molar-refractivity contribution in [2.24, 2.45) is 0 Å². The zero-order valence-electron chi connectivity index (χ0n) is 19.1. The molecule has 6 heteroatoms. The Morgan fingerprint density at radius 3 is 2.26 bits per heavy atom. The Morgan fingerprint density at radius 2 is 1.51 bits per heavy atom. The quantitative estimate of drug-likeness (QED) is 0.269. The zero-order valence-corrected chi connectivity index (χ0v) is 19.9. The Morgan fingerprint density at radius 1 is 0.800 bits per heavy atom. The molecule has 0 amide bonds. The van der Waals surface area contributed by atoms with Gasteiger partial charge in [0.1, 0.15) is 16.3 Å². The Balaban J connectivity index is 1.37. The number of thiophene rings is 1. The fourth-order valence-electron chi connectivity index (χ4n) is 4.04. The average molecular weight is 475 g/mol. The average Bonchev–Trinajstić information content (AvgIpc) is 3.56. The maximum Gasteiger partial charge on any atom is 0.163 e. The third-order valence-electron chi connectivity index (χ3n) is 5.89. The molecule has 0 aliphatic rings. The van der Waals surface area contributed by atoms with Gasteiger partial charge in [-0.2, -0.15) is 0 Å². The van der Waals surface area contributed by atoms with E-state index in [1.54, 1.807) is 11.3 Å². The van der Waals surface area contributed by atoms with Gasteiger partial charge in [-0.25, -0.2) is 9.97 Å². The lowest BCUT2D eigenvalue weighted by atomic mass is 10.1. The second kappa shape index (κ2) is 9.16. The first-order valence-electron chi connectivity index (χ1n) is 11.4. The molecule has 0 bridgehead atoms. The molecular weight excluding hydrogens is 452 g/mol. The minimum Gasteiger partial charge on any atom is -0.362 e. The Hall–Kier alpha value is -4.29. The van der Waals surface area contributed by atoms with Crippen LogP contribution in [0, 0.1) is 6.92 Å². The molecule has 0 aliphatic carbocycles. The van der Waals surface area contributed by atoms with E-state index in [0.717, 1.165) is 49.7 Å². The predicted octanol–water partition coefficient (Wildman–Crippen LogP) is 7.60. The van der Waals surface area contributed by atoms with Crippen molar-refractivity contribution in [3.63, 3.8) is 0 Å². The van der Waals surface area contributed by atoms with E-state index >= 15 is 0 Å². The fraction of sp³-hybridized carbons (Fsp3) is 0.0690. The third kappa shape index (κ3) is 4.32. The molecule has 5 nitrogen and oxygen atoms in total. The summed E-state index contributed by atoms with van der Waals surface area (Å²) in [6.07, 6.45) is 0. The van der Waals surface area contributed by atoms with Crippen molar-refractivity contribution in [3.8, 4) is 33.8 Å². The molecular formula is C29H22N4OS. The first kappa shape index (κ1) is 21.3. The Bertz CT molecular complexity index is 1590. The molecule has 0 spiro atoms. The molecule has 3 heterocycles. The van der Waals surface area contributed by atoms with Crippen molar-refractivity contribution < 1.29 is 4.52 Å². The van der Waals surface area contributed by atoms with Crippen LogP contribution in [0.2, 0.25) is 0 Å². The van der Waals surface area contributed by atoms with Crippen molar-refractivity contribution in [1.29, 1.82) is 0 Å². The summed E-state index contributed by atoms with van der Waals surface area (Å²) in [5.41, 5.74) is 6.30. The number of hydrogen-bond donors (Lipinski definition) is 1. The van der Waals surface area contributed by atoms with Gasteiger partial charge >= 0.3 is 0 Å². The number of aromatic nitrogens is 3. The lowest BCUT2D eigenvalue weighted by Crippen LogP contribution is -2.03. The van der Waals surface area contributed by atoms with Gasteiger partial charge in [-0.15, -0.1) is 11.3 Å². The lowest BCUT2D eigenvalue weighted by molar-refractivity contribution is 0.390. The van der Waals surface area contributed by atoms with Crippen LogP contribution in [0.25, 0.3) is 44.0 Å². The highest BCUT2D eigenvalue weighted by Gasteiger charge is 2.17. The van der Waals surface area contributed by atoms with E-state index in [9.17, 15) is 0 Å². The van der Waals surface area contributed by atoms with Gasteiger partial charge in [0.25, 0.3) is 0 Å². The molecule has 170 valence electrons. The summed E-state index contributed by atoms with van der Waals surface area (Å²) in [5.74, 6) is 2.22. The maximum atomic E-state index is 5.64. The molecule has 6 rings (SSSR count). The number of nitrogens with one attached hydrogen (secondary N) is 1. The highest BCUT2D eigenvalue weighted by molar-refractivity contribution is 7.17. The van der Waals surface area contributed by atoms with Gasteiger partial charge in [-0.1, -0.05) is 95.6 Å². The first-order chi connectivity index (χ1) is 17.2. The number of hydrogen-bond acceptors (Lipinski definition) is 6. The number of benzene rings is 3. The van der Waals surface area contributed by atoms with E-state index < -0.39 is 0 Å². The summed E-state index contributed by atoms with van der Waals surface area (Å²) < 4.78 is 5.64. The number of aryl methyl sites for hydroxylation is 1. The van der Waals surface area contributed by atoms with Crippen LogP contribution in [0.5, 0.6) is 0 Å². The molecule has 3 aromatic carbocycles. The minimum atomic E-state index is 0.462. The van der Waals surface area contributed by atoms with Crippen LogP contribution >= 0.6 is 11.3 Å². The SMILES string of the molecule is Cc1ccc(-c2cc(CNc3nc(-c4ccccc4)nc4scc(-c5ccccc5)c34)on2)cc1. The van der Waals surface area contributed by atoms with Gasteiger partial charge in [0.15, 0.2) is 11.6 Å². The van der Waals surface area contributed by atoms with Gasteiger partial charge in [0, 0.05) is 28.1 Å². The van der Waals surface area contributed by atoms with Gasteiger partial charge in [0.05, 0.1) is 11.9 Å². The van der Waals surface area contributed by atoms with Gasteiger partial charge in [-0.05, 0) is 12.5 Å². The van der Waals surface area contributed by atoms with Crippen molar-refractivity contribution in [2.75, 3.05) is 5.32 Å². The van der Waals surface area contributed by atoms with Crippen LogP contribution < -0.4 is 5.32 Å². The normalized spacial score (nSPS) is 11.1.